The van der Waals surface area contributed by atoms with Crippen molar-refractivity contribution in [3.63, 3.8) is 0 Å². The zero-order chi connectivity index (χ0) is 15.4. The minimum atomic E-state index is -1.24. The van der Waals surface area contributed by atoms with Crippen LogP contribution in [0.1, 0.15) is 21.7 Å². The quantitative estimate of drug-likeness (QED) is 0.638. The molecule has 0 fully saturated rings. The summed E-state index contributed by atoms with van der Waals surface area (Å²) in [5.41, 5.74) is 1.27. The Labute approximate surface area is 119 Å². The zero-order valence-electron chi connectivity index (χ0n) is 11.1. The van der Waals surface area contributed by atoms with Crippen LogP contribution in [0, 0.1) is 17.0 Å². The van der Waals surface area contributed by atoms with Crippen molar-refractivity contribution in [2.24, 2.45) is 0 Å². The molecule has 2 aromatic rings. The number of carbonyl (C=O) groups is 1. The van der Waals surface area contributed by atoms with Crippen molar-refractivity contribution in [2.75, 3.05) is 5.32 Å². The molecule has 1 aromatic carbocycles. The first-order valence-electron chi connectivity index (χ1n) is 6.00. The highest BCUT2D eigenvalue weighted by Crippen LogP contribution is 2.22. The van der Waals surface area contributed by atoms with Gasteiger partial charge in [-0.3, -0.25) is 20.1 Å². The fourth-order valence-electron chi connectivity index (χ4n) is 1.67. The van der Waals surface area contributed by atoms with E-state index >= 15 is 0 Å². The predicted molar refractivity (Wildman–Crippen MR) is 74.2 cm³/mol. The van der Waals surface area contributed by atoms with Gasteiger partial charge in [-0.25, -0.2) is 4.79 Å². The van der Waals surface area contributed by atoms with E-state index < -0.39 is 10.9 Å². The van der Waals surface area contributed by atoms with Crippen molar-refractivity contribution in [3.05, 3.63) is 57.7 Å². The molecule has 0 saturated heterocycles. The Morgan fingerprint density at radius 1 is 1.38 bits per heavy atom. The molecular formula is C13H12N4O4. The molecule has 0 radical (unpaired) electrons. The molecule has 0 amide bonds. The molecule has 2 rings (SSSR count). The first kappa shape index (κ1) is 14.4. The standard InChI is InChI=1S/C13H12N4O4/c1-8-5-15-9(6-14-8)7-16-12-3-2-10(17(20)21)4-11(12)13(18)19/h2-6,16H,7H2,1H3,(H,18,19). The molecular weight excluding hydrogens is 276 g/mol. The Balaban J connectivity index is 2.21. The van der Waals surface area contributed by atoms with Crippen LogP contribution in [0.5, 0.6) is 0 Å². The summed E-state index contributed by atoms with van der Waals surface area (Å²) < 4.78 is 0. The van der Waals surface area contributed by atoms with Crippen LogP contribution in [0.4, 0.5) is 11.4 Å². The highest BCUT2D eigenvalue weighted by molar-refractivity contribution is 5.95. The van der Waals surface area contributed by atoms with E-state index in [1.165, 1.54) is 12.1 Å². The van der Waals surface area contributed by atoms with Crippen molar-refractivity contribution in [1.82, 2.24) is 9.97 Å². The number of nitro groups is 1. The SMILES string of the molecule is Cc1cnc(CNc2ccc([N+](=O)[O-])cc2C(=O)O)cn1. The molecule has 8 heteroatoms. The molecule has 8 nitrogen and oxygen atoms in total. The minimum absolute atomic E-state index is 0.163. The molecule has 108 valence electrons. The fraction of sp³-hybridized carbons (Fsp3) is 0.154. The summed E-state index contributed by atoms with van der Waals surface area (Å²) >= 11 is 0. The van der Waals surface area contributed by atoms with E-state index in [9.17, 15) is 14.9 Å². The average molecular weight is 288 g/mol. The third kappa shape index (κ3) is 3.50. The number of aromatic nitrogens is 2. The topological polar surface area (TPSA) is 118 Å². The monoisotopic (exact) mass is 288 g/mol. The van der Waals surface area contributed by atoms with Crippen LogP contribution in [-0.2, 0) is 6.54 Å². The van der Waals surface area contributed by atoms with Gasteiger partial charge in [0.15, 0.2) is 0 Å². The van der Waals surface area contributed by atoms with Crippen molar-refractivity contribution in [1.29, 1.82) is 0 Å². The Morgan fingerprint density at radius 2 is 2.14 bits per heavy atom. The number of aryl methyl sites for hydroxylation is 1. The molecule has 0 bridgehead atoms. The van der Waals surface area contributed by atoms with Gasteiger partial charge < -0.3 is 10.4 Å². The Bertz CT molecular complexity index is 685. The Morgan fingerprint density at radius 3 is 2.71 bits per heavy atom. The van der Waals surface area contributed by atoms with Crippen LogP contribution < -0.4 is 5.32 Å². The summed E-state index contributed by atoms with van der Waals surface area (Å²) in [5, 5.41) is 22.7. The second-order valence-electron chi connectivity index (χ2n) is 4.29. The van der Waals surface area contributed by atoms with Gasteiger partial charge in [-0.1, -0.05) is 0 Å². The van der Waals surface area contributed by atoms with Crippen molar-refractivity contribution >= 4 is 17.3 Å². The second kappa shape index (κ2) is 5.95. The summed E-state index contributed by atoms with van der Waals surface area (Å²) in [6, 6.07) is 3.63. The largest absolute Gasteiger partial charge is 0.478 e. The van der Waals surface area contributed by atoms with Gasteiger partial charge in [0, 0.05) is 24.0 Å². The van der Waals surface area contributed by atoms with Gasteiger partial charge in [-0.2, -0.15) is 0 Å². The molecule has 1 heterocycles. The van der Waals surface area contributed by atoms with E-state index in [1.54, 1.807) is 12.4 Å². The normalized spacial score (nSPS) is 10.1. The van der Waals surface area contributed by atoms with E-state index in [0.29, 0.717) is 5.69 Å². The van der Waals surface area contributed by atoms with Gasteiger partial charge in [0.25, 0.3) is 5.69 Å². The van der Waals surface area contributed by atoms with Gasteiger partial charge in [-0.05, 0) is 13.0 Å². The summed E-state index contributed by atoms with van der Waals surface area (Å²) in [4.78, 5) is 29.4. The Hall–Kier alpha value is -3.03. The molecule has 0 aliphatic heterocycles. The summed E-state index contributed by atoms with van der Waals surface area (Å²) in [7, 11) is 0. The van der Waals surface area contributed by atoms with Crippen molar-refractivity contribution < 1.29 is 14.8 Å². The number of benzene rings is 1. The summed E-state index contributed by atoms with van der Waals surface area (Å²) in [6.07, 6.45) is 3.18. The highest BCUT2D eigenvalue weighted by atomic mass is 16.6. The molecule has 0 atom stereocenters. The lowest BCUT2D eigenvalue weighted by Gasteiger charge is -2.09. The molecule has 0 aliphatic carbocycles. The number of nitrogens with one attached hydrogen (secondary N) is 1. The third-order valence-corrected chi connectivity index (χ3v) is 2.74. The number of nitrogens with zero attached hydrogens (tertiary/aromatic N) is 3. The number of hydrogen-bond donors (Lipinski definition) is 2. The van der Waals surface area contributed by atoms with Gasteiger partial charge in [0.05, 0.1) is 34.6 Å². The minimum Gasteiger partial charge on any atom is -0.478 e. The van der Waals surface area contributed by atoms with Crippen LogP contribution >= 0.6 is 0 Å². The third-order valence-electron chi connectivity index (χ3n) is 2.74. The lowest BCUT2D eigenvalue weighted by Crippen LogP contribution is -2.08. The second-order valence-corrected chi connectivity index (χ2v) is 4.29. The number of non-ortho nitro benzene ring substituents is 1. The van der Waals surface area contributed by atoms with Crippen LogP contribution in [0.25, 0.3) is 0 Å². The number of nitro benzene ring substituents is 1. The maximum Gasteiger partial charge on any atom is 0.338 e. The lowest BCUT2D eigenvalue weighted by atomic mass is 10.1. The molecule has 0 unspecified atom stereocenters. The van der Waals surface area contributed by atoms with E-state index in [0.717, 1.165) is 11.8 Å². The summed E-state index contributed by atoms with van der Waals surface area (Å²) in [5.74, 6) is -1.24. The fourth-order valence-corrected chi connectivity index (χ4v) is 1.67. The van der Waals surface area contributed by atoms with E-state index in [4.69, 9.17) is 5.11 Å². The molecule has 1 aromatic heterocycles. The van der Waals surface area contributed by atoms with Crippen LogP contribution in [0.3, 0.4) is 0 Å². The molecule has 0 aliphatic rings. The van der Waals surface area contributed by atoms with Gasteiger partial charge in [0.1, 0.15) is 0 Å². The van der Waals surface area contributed by atoms with Crippen molar-refractivity contribution in [3.8, 4) is 0 Å². The zero-order valence-corrected chi connectivity index (χ0v) is 11.1. The van der Waals surface area contributed by atoms with Gasteiger partial charge in [0.2, 0.25) is 0 Å². The highest BCUT2D eigenvalue weighted by Gasteiger charge is 2.15. The number of carboxylic acids is 1. The summed E-state index contributed by atoms with van der Waals surface area (Å²) in [6.45, 7) is 2.08. The van der Waals surface area contributed by atoms with E-state index in [1.807, 2.05) is 6.92 Å². The van der Waals surface area contributed by atoms with Crippen LogP contribution in [0.2, 0.25) is 0 Å². The molecule has 0 saturated carbocycles. The van der Waals surface area contributed by atoms with E-state index in [-0.39, 0.29) is 23.5 Å². The molecule has 2 N–H and O–H groups in total. The number of aromatic carboxylic acids is 1. The number of anilines is 1. The maximum absolute atomic E-state index is 11.2. The first-order chi connectivity index (χ1) is 9.97. The molecule has 21 heavy (non-hydrogen) atoms. The van der Waals surface area contributed by atoms with Crippen LogP contribution in [0.15, 0.2) is 30.6 Å². The van der Waals surface area contributed by atoms with Gasteiger partial charge in [-0.15, -0.1) is 0 Å². The average Bonchev–Trinajstić information content (AvgIpc) is 2.46. The molecule has 0 spiro atoms. The van der Waals surface area contributed by atoms with Gasteiger partial charge >= 0.3 is 5.97 Å². The lowest BCUT2D eigenvalue weighted by molar-refractivity contribution is -0.384. The number of hydrogen-bond acceptors (Lipinski definition) is 6. The van der Waals surface area contributed by atoms with E-state index in [2.05, 4.69) is 15.3 Å². The van der Waals surface area contributed by atoms with Crippen molar-refractivity contribution in [2.45, 2.75) is 13.5 Å². The maximum atomic E-state index is 11.2. The number of carboxylic acid groups (broad SMARTS) is 1. The predicted octanol–water partition coefficient (Wildman–Crippen LogP) is 2.00. The Kier molecular flexibility index (Phi) is 4.07. The van der Waals surface area contributed by atoms with Crippen LogP contribution in [-0.4, -0.2) is 26.0 Å². The number of rotatable bonds is 5. The smallest absolute Gasteiger partial charge is 0.338 e. The first-order valence-corrected chi connectivity index (χ1v) is 6.00.